The van der Waals surface area contributed by atoms with Crippen LogP contribution in [0.2, 0.25) is 0 Å². The number of anilines is 2. The summed E-state index contributed by atoms with van der Waals surface area (Å²) >= 11 is 0. The molecule has 0 saturated heterocycles. The van der Waals surface area contributed by atoms with Gasteiger partial charge >= 0.3 is 5.97 Å². The van der Waals surface area contributed by atoms with Gasteiger partial charge in [-0.1, -0.05) is 36.4 Å². The third-order valence-electron chi connectivity index (χ3n) is 4.19. The van der Waals surface area contributed by atoms with E-state index in [-0.39, 0.29) is 5.82 Å². The summed E-state index contributed by atoms with van der Waals surface area (Å²) in [6, 6.07) is 21.0. The summed E-state index contributed by atoms with van der Waals surface area (Å²) < 4.78 is 17.9. The molecule has 3 aromatic carbocycles. The number of hydrogen-bond donors (Lipinski definition) is 2. The first-order valence-electron chi connectivity index (χ1n) is 8.63. The van der Waals surface area contributed by atoms with Gasteiger partial charge in [0.1, 0.15) is 5.82 Å². The first-order valence-corrected chi connectivity index (χ1v) is 8.63. The van der Waals surface area contributed by atoms with Crippen LogP contribution in [0.25, 0.3) is 5.57 Å². The van der Waals surface area contributed by atoms with Crippen LogP contribution in [0.15, 0.2) is 78.9 Å². The monoisotopic (exact) mass is 374 g/mol. The molecule has 0 bridgehead atoms. The van der Waals surface area contributed by atoms with Crippen molar-refractivity contribution in [1.82, 2.24) is 0 Å². The van der Waals surface area contributed by atoms with Crippen molar-refractivity contribution in [2.75, 3.05) is 12.4 Å². The summed E-state index contributed by atoms with van der Waals surface area (Å²) in [5.41, 5.74) is 4.39. The number of carbonyl (C=O) groups is 1. The number of nitrogens with one attached hydrogen (secondary N) is 2. The molecule has 5 heteroatoms. The van der Waals surface area contributed by atoms with Crippen LogP contribution in [0.3, 0.4) is 0 Å². The third kappa shape index (κ3) is 4.51. The predicted octanol–water partition coefficient (Wildman–Crippen LogP) is 5.17. The van der Waals surface area contributed by atoms with E-state index in [1.807, 2.05) is 48.5 Å². The summed E-state index contributed by atoms with van der Waals surface area (Å²) in [5.74, 6) is -0.766. The van der Waals surface area contributed by atoms with Gasteiger partial charge in [0.15, 0.2) is 0 Å². The highest BCUT2D eigenvalue weighted by Gasteiger charge is 2.11. The molecule has 0 unspecified atom stereocenters. The van der Waals surface area contributed by atoms with E-state index >= 15 is 0 Å². The highest BCUT2D eigenvalue weighted by Crippen LogP contribution is 2.28. The Morgan fingerprint density at radius 2 is 1.71 bits per heavy atom. The predicted molar refractivity (Wildman–Crippen MR) is 110 cm³/mol. The largest absolute Gasteiger partial charge is 0.466 e. The van der Waals surface area contributed by atoms with E-state index in [1.54, 1.807) is 12.1 Å². The van der Waals surface area contributed by atoms with Crippen molar-refractivity contribution in [3.05, 3.63) is 101 Å². The molecule has 3 aromatic rings. The van der Waals surface area contributed by atoms with Gasteiger partial charge in [-0.15, -0.1) is 0 Å². The van der Waals surface area contributed by atoms with Gasteiger partial charge in [0.2, 0.25) is 0 Å². The lowest BCUT2D eigenvalue weighted by molar-refractivity contribution is -0.134. The summed E-state index contributed by atoms with van der Waals surface area (Å²) in [6.07, 6.45) is 2.67. The van der Waals surface area contributed by atoms with Gasteiger partial charge in [0.25, 0.3) is 0 Å². The summed E-state index contributed by atoms with van der Waals surface area (Å²) in [7, 11) is 1.33. The van der Waals surface area contributed by atoms with Crippen molar-refractivity contribution >= 4 is 29.1 Å². The van der Waals surface area contributed by atoms with Crippen molar-refractivity contribution in [3.63, 3.8) is 0 Å². The topological polar surface area (TPSA) is 62.2 Å². The summed E-state index contributed by atoms with van der Waals surface area (Å²) in [4.78, 5) is 11.9. The van der Waals surface area contributed by atoms with Crippen LogP contribution < -0.4 is 5.32 Å². The number of benzene rings is 3. The average molecular weight is 374 g/mol. The SMILES string of the molecule is COC(=O)/C=C(\c1ccccc1)c1ccc(Nc2ccc(F)cc2)c(C=N)c1. The van der Waals surface area contributed by atoms with Gasteiger partial charge in [-0.05, 0) is 53.1 Å². The molecule has 0 radical (unpaired) electrons. The molecule has 28 heavy (non-hydrogen) atoms. The minimum atomic E-state index is -0.455. The molecule has 0 saturated carbocycles. The maximum atomic E-state index is 13.1. The van der Waals surface area contributed by atoms with E-state index < -0.39 is 5.97 Å². The van der Waals surface area contributed by atoms with Crippen LogP contribution >= 0.6 is 0 Å². The highest BCUT2D eigenvalue weighted by molar-refractivity contribution is 5.98. The fraction of sp³-hybridized carbons (Fsp3) is 0.0435. The third-order valence-corrected chi connectivity index (χ3v) is 4.19. The molecule has 0 aliphatic rings. The van der Waals surface area contributed by atoms with Crippen LogP contribution in [-0.2, 0) is 9.53 Å². The van der Waals surface area contributed by atoms with Crippen LogP contribution in [0.5, 0.6) is 0 Å². The summed E-state index contributed by atoms with van der Waals surface area (Å²) in [6.45, 7) is 0. The van der Waals surface area contributed by atoms with Crippen molar-refractivity contribution in [1.29, 1.82) is 5.41 Å². The maximum Gasteiger partial charge on any atom is 0.331 e. The van der Waals surface area contributed by atoms with Crippen LogP contribution in [-0.4, -0.2) is 19.3 Å². The second kappa shape index (κ2) is 8.77. The number of halogens is 1. The van der Waals surface area contributed by atoms with Crippen LogP contribution in [0.1, 0.15) is 16.7 Å². The molecule has 0 atom stereocenters. The number of carbonyl (C=O) groups excluding carboxylic acids is 1. The maximum absolute atomic E-state index is 13.1. The quantitative estimate of drug-likeness (QED) is 0.355. The molecule has 3 rings (SSSR count). The molecule has 0 aliphatic heterocycles. The molecular weight excluding hydrogens is 355 g/mol. The Morgan fingerprint density at radius 1 is 1.00 bits per heavy atom. The van der Waals surface area contributed by atoms with Gasteiger partial charge < -0.3 is 15.5 Å². The zero-order valence-electron chi connectivity index (χ0n) is 15.3. The smallest absolute Gasteiger partial charge is 0.331 e. The summed E-state index contributed by atoms with van der Waals surface area (Å²) in [5, 5.41) is 10.9. The minimum absolute atomic E-state index is 0.311. The van der Waals surface area contributed by atoms with Gasteiger partial charge in [0, 0.05) is 29.2 Å². The Bertz CT molecular complexity index is 1010. The van der Waals surface area contributed by atoms with Crippen molar-refractivity contribution in [2.45, 2.75) is 0 Å². The van der Waals surface area contributed by atoms with Crippen molar-refractivity contribution in [2.24, 2.45) is 0 Å². The number of esters is 1. The second-order valence-electron chi connectivity index (χ2n) is 6.03. The second-order valence-corrected chi connectivity index (χ2v) is 6.03. The van der Waals surface area contributed by atoms with Gasteiger partial charge in [-0.2, -0.15) is 0 Å². The van der Waals surface area contributed by atoms with Crippen LogP contribution in [0.4, 0.5) is 15.8 Å². The molecule has 2 N–H and O–H groups in total. The van der Waals surface area contributed by atoms with Crippen molar-refractivity contribution < 1.29 is 13.9 Å². The Morgan fingerprint density at radius 3 is 2.36 bits per heavy atom. The van der Waals surface area contributed by atoms with E-state index in [4.69, 9.17) is 10.1 Å². The Balaban J connectivity index is 2.00. The number of rotatable bonds is 6. The molecule has 0 heterocycles. The van der Waals surface area contributed by atoms with E-state index in [9.17, 15) is 9.18 Å². The fourth-order valence-corrected chi connectivity index (χ4v) is 2.78. The zero-order chi connectivity index (χ0) is 19.9. The molecule has 4 nitrogen and oxygen atoms in total. The Labute approximate surface area is 162 Å². The molecular formula is C23H19FN2O2. The molecule has 0 spiro atoms. The lowest BCUT2D eigenvalue weighted by atomic mass is 9.95. The lowest BCUT2D eigenvalue weighted by Crippen LogP contribution is -2.00. The Hall–Kier alpha value is -3.73. The first-order chi connectivity index (χ1) is 13.6. The number of hydrogen-bond acceptors (Lipinski definition) is 4. The molecule has 0 aromatic heterocycles. The molecule has 140 valence electrons. The van der Waals surface area contributed by atoms with Crippen molar-refractivity contribution in [3.8, 4) is 0 Å². The normalized spacial score (nSPS) is 11.0. The highest BCUT2D eigenvalue weighted by atomic mass is 19.1. The minimum Gasteiger partial charge on any atom is -0.466 e. The molecule has 0 aliphatic carbocycles. The van der Waals surface area contributed by atoms with Gasteiger partial charge in [0.05, 0.1) is 7.11 Å². The zero-order valence-corrected chi connectivity index (χ0v) is 15.3. The Kier molecular flexibility index (Phi) is 5.97. The van der Waals surface area contributed by atoms with Gasteiger partial charge in [-0.3, -0.25) is 0 Å². The van der Waals surface area contributed by atoms with E-state index in [2.05, 4.69) is 5.32 Å². The van der Waals surface area contributed by atoms with Gasteiger partial charge in [-0.25, -0.2) is 9.18 Å². The number of ether oxygens (including phenoxy) is 1. The molecule has 0 fully saturated rings. The fourth-order valence-electron chi connectivity index (χ4n) is 2.78. The average Bonchev–Trinajstić information content (AvgIpc) is 2.74. The lowest BCUT2D eigenvalue weighted by Gasteiger charge is -2.13. The van der Waals surface area contributed by atoms with E-state index in [0.717, 1.165) is 11.1 Å². The standard InChI is InChI=1S/C23H19FN2O2/c1-28-23(27)14-21(16-5-3-2-4-6-16)17-7-12-22(18(13-17)15-25)26-20-10-8-19(24)9-11-20/h2-15,25-26H,1H3/b21-14+,25-15?. The first kappa shape index (κ1) is 19.0. The molecule has 0 amide bonds. The van der Waals surface area contributed by atoms with E-state index in [0.29, 0.717) is 22.5 Å². The van der Waals surface area contributed by atoms with E-state index in [1.165, 1.54) is 31.5 Å². The van der Waals surface area contributed by atoms with Crippen LogP contribution in [0, 0.1) is 11.2 Å². The number of methoxy groups -OCH3 is 1.